The molecule has 4 aromatic heterocycles. The lowest BCUT2D eigenvalue weighted by molar-refractivity contribution is 0.0303. The molecule has 12 nitrogen and oxygen atoms in total. The number of benzene rings is 2. The van der Waals surface area contributed by atoms with Crippen molar-refractivity contribution in [2.24, 2.45) is 0 Å². The number of aromatic nitrogens is 4. The fraction of sp³-hybridized carbons (Fsp3) is 0.388. The van der Waals surface area contributed by atoms with Gasteiger partial charge in [-0.3, -0.25) is 4.79 Å². The molecule has 1 N–H and O–H groups in total. The van der Waals surface area contributed by atoms with Gasteiger partial charge in [-0.15, -0.1) is 22.7 Å². The molecular weight excluding hydrogens is 902 g/mol. The number of amides is 1. The molecule has 6 aromatic rings. The van der Waals surface area contributed by atoms with Gasteiger partial charge in [0.1, 0.15) is 21.7 Å². The van der Waals surface area contributed by atoms with Gasteiger partial charge in [-0.25, -0.2) is 24.7 Å². The number of halogens is 2. The SMILES string of the molecule is C1CCOCC1.O=C(O)c1ccc(-c2csc(-c3ccnc(N4CCCCC4)c3)n2)c(Cl)c1.O=C(c1ccc(-c2csc(-c3ccnc(N4CCCCC4)c3)n2)c(Cl)c1)N1CCOCC1. The van der Waals surface area contributed by atoms with E-state index in [1.807, 2.05) is 47.4 Å². The van der Waals surface area contributed by atoms with Crippen LogP contribution in [-0.4, -0.2) is 108 Å². The van der Waals surface area contributed by atoms with Crippen LogP contribution in [0.4, 0.5) is 11.6 Å². The number of carbonyl (C=O) groups is 2. The first-order valence-corrected chi connectivity index (χ1v) is 24.9. The number of nitrogens with zero attached hydrogens (tertiary/aromatic N) is 7. The summed E-state index contributed by atoms with van der Waals surface area (Å²) >= 11 is 16.0. The molecule has 8 heterocycles. The third-order valence-electron chi connectivity index (χ3n) is 11.7. The number of ether oxygens (including phenoxy) is 2. The number of carboxylic acid groups (broad SMARTS) is 1. The van der Waals surface area contributed by atoms with Crippen molar-refractivity contribution >= 4 is 69.4 Å². The number of piperidine rings is 2. The summed E-state index contributed by atoms with van der Waals surface area (Å²) in [5.74, 6) is 1.00. The van der Waals surface area contributed by atoms with Crippen molar-refractivity contribution in [1.29, 1.82) is 0 Å². The van der Waals surface area contributed by atoms with Crippen LogP contribution in [0.1, 0.15) is 78.5 Å². The van der Waals surface area contributed by atoms with Crippen LogP contribution >= 0.6 is 45.9 Å². The Morgan fingerprint density at radius 2 is 1.02 bits per heavy atom. The minimum absolute atomic E-state index is 0.0113. The highest BCUT2D eigenvalue weighted by Crippen LogP contribution is 2.36. The number of rotatable bonds is 8. The summed E-state index contributed by atoms with van der Waals surface area (Å²) in [4.78, 5) is 48.9. The van der Waals surface area contributed by atoms with Crippen molar-refractivity contribution in [3.8, 4) is 43.7 Å². The maximum absolute atomic E-state index is 12.7. The van der Waals surface area contributed by atoms with Crippen LogP contribution in [0, 0.1) is 0 Å². The first-order chi connectivity index (χ1) is 31.8. The molecule has 0 unspecified atom stereocenters. The Morgan fingerprint density at radius 3 is 1.46 bits per heavy atom. The summed E-state index contributed by atoms with van der Waals surface area (Å²) < 4.78 is 10.4. The minimum Gasteiger partial charge on any atom is -0.478 e. The Bertz CT molecular complexity index is 2520. The van der Waals surface area contributed by atoms with E-state index in [2.05, 4.69) is 31.9 Å². The lowest BCUT2D eigenvalue weighted by Gasteiger charge is -2.27. The van der Waals surface area contributed by atoms with Crippen LogP contribution in [0.25, 0.3) is 43.7 Å². The normalized spacial score (nSPS) is 16.5. The van der Waals surface area contributed by atoms with Crippen LogP contribution in [0.5, 0.6) is 0 Å². The maximum atomic E-state index is 12.7. The van der Waals surface area contributed by atoms with E-state index < -0.39 is 5.97 Å². The Balaban J connectivity index is 0.000000159. The first-order valence-electron chi connectivity index (χ1n) is 22.4. The largest absolute Gasteiger partial charge is 0.478 e. The van der Waals surface area contributed by atoms with E-state index in [-0.39, 0.29) is 11.5 Å². The second kappa shape index (κ2) is 23.0. The third kappa shape index (κ3) is 12.3. The van der Waals surface area contributed by atoms with E-state index in [9.17, 15) is 9.59 Å². The average molecular weight is 955 g/mol. The number of morpholine rings is 1. The van der Waals surface area contributed by atoms with Gasteiger partial charge in [0, 0.05) is 103 Å². The quantitative estimate of drug-likeness (QED) is 0.156. The molecule has 4 aliphatic heterocycles. The topological polar surface area (TPSA) is 134 Å². The van der Waals surface area contributed by atoms with Crippen molar-refractivity contribution in [1.82, 2.24) is 24.8 Å². The van der Waals surface area contributed by atoms with Crippen molar-refractivity contribution in [3.63, 3.8) is 0 Å². The van der Waals surface area contributed by atoms with Crippen LogP contribution in [-0.2, 0) is 9.47 Å². The van der Waals surface area contributed by atoms with Crippen molar-refractivity contribution in [2.75, 3.05) is 75.5 Å². The molecule has 1 amide bonds. The van der Waals surface area contributed by atoms with E-state index in [4.69, 9.17) is 47.8 Å². The second-order valence-electron chi connectivity index (χ2n) is 16.2. The molecule has 0 radical (unpaired) electrons. The third-order valence-corrected chi connectivity index (χ3v) is 14.1. The minimum atomic E-state index is -0.996. The zero-order chi connectivity index (χ0) is 45.0. The molecule has 340 valence electrons. The molecule has 2 aromatic carbocycles. The Hall–Kier alpha value is -4.96. The number of carboxylic acids is 1. The van der Waals surface area contributed by atoms with Gasteiger partial charge in [0.05, 0.1) is 40.2 Å². The van der Waals surface area contributed by atoms with Crippen molar-refractivity contribution < 1.29 is 24.2 Å². The van der Waals surface area contributed by atoms with E-state index in [1.54, 1.807) is 34.4 Å². The number of pyridine rings is 2. The lowest BCUT2D eigenvalue weighted by atomic mass is 10.1. The maximum Gasteiger partial charge on any atom is 0.335 e. The van der Waals surface area contributed by atoms with Gasteiger partial charge in [0.25, 0.3) is 5.91 Å². The highest BCUT2D eigenvalue weighted by Gasteiger charge is 2.21. The summed E-state index contributed by atoms with van der Waals surface area (Å²) in [6.45, 7) is 8.59. The predicted octanol–water partition coefficient (Wildman–Crippen LogP) is 11.4. The van der Waals surface area contributed by atoms with Crippen molar-refractivity contribution in [3.05, 3.63) is 105 Å². The zero-order valence-corrected chi connectivity index (χ0v) is 39.4. The monoisotopic (exact) mass is 953 g/mol. The smallest absolute Gasteiger partial charge is 0.335 e. The standard InChI is InChI=1S/C24H25ClN4O2S.C20H18ClN3O2S.C5H10O/c25-20-14-18(24(30)29-10-12-31-13-11-29)4-5-19(20)21-16-32-23(27-21)17-6-7-26-22(15-17)28-8-2-1-3-9-28;21-16-10-14(20(25)26)4-5-15(16)17-12-27-19(23-17)13-6-7-22-18(11-13)24-8-2-1-3-9-24;1-2-4-6-5-3-1/h4-7,14-16H,1-3,8-13H2;4-7,10-12H,1-3,8-9H2,(H,25,26);1-5H2. The first kappa shape index (κ1) is 46.6. The highest BCUT2D eigenvalue weighted by molar-refractivity contribution is 7.13. The fourth-order valence-electron chi connectivity index (χ4n) is 8.10. The molecule has 0 aliphatic carbocycles. The molecule has 65 heavy (non-hydrogen) atoms. The molecule has 0 spiro atoms. The fourth-order valence-corrected chi connectivity index (χ4v) is 10.3. The van der Waals surface area contributed by atoms with Crippen LogP contribution in [0.15, 0.2) is 83.8 Å². The number of hydrogen-bond donors (Lipinski definition) is 1. The number of aromatic carboxylic acids is 1. The van der Waals surface area contributed by atoms with Gasteiger partial charge in [0.2, 0.25) is 0 Å². The molecule has 0 saturated carbocycles. The van der Waals surface area contributed by atoms with E-state index in [0.29, 0.717) is 41.9 Å². The summed E-state index contributed by atoms with van der Waals surface area (Å²) in [6, 6.07) is 18.3. The molecule has 0 bridgehead atoms. The average Bonchev–Trinajstić information content (AvgIpc) is 4.07. The van der Waals surface area contributed by atoms with Crippen LogP contribution in [0.2, 0.25) is 10.0 Å². The summed E-state index contributed by atoms with van der Waals surface area (Å²) in [5, 5.41) is 15.8. The van der Waals surface area contributed by atoms with E-state index in [0.717, 1.165) is 94.7 Å². The highest BCUT2D eigenvalue weighted by atomic mass is 35.5. The molecule has 0 atom stereocenters. The number of thiazole rings is 2. The van der Waals surface area contributed by atoms with Gasteiger partial charge >= 0.3 is 5.97 Å². The van der Waals surface area contributed by atoms with Crippen LogP contribution < -0.4 is 9.80 Å². The Kier molecular flexibility index (Phi) is 16.5. The Labute approximate surface area is 398 Å². The van der Waals surface area contributed by atoms with E-state index >= 15 is 0 Å². The molecular formula is C49H53Cl2N7O5S2. The van der Waals surface area contributed by atoms with Crippen LogP contribution in [0.3, 0.4) is 0 Å². The second-order valence-corrected chi connectivity index (χ2v) is 18.8. The lowest BCUT2D eigenvalue weighted by Crippen LogP contribution is -2.40. The van der Waals surface area contributed by atoms with Gasteiger partial charge in [-0.2, -0.15) is 0 Å². The zero-order valence-electron chi connectivity index (χ0n) is 36.3. The number of carbonyl (C=O) groups excluding carboxylic acids is 1. The molecule has 4 fully saturated rings. The van der Waals surface area contributed by atoms with Crippen molar-refractivity contribution in [2.45, 2.75) is 57.8 Å². The molecule has 10 rings (SSSR count). The Morgan fingerprint density at radius 1 is 0.554 bits per heavy atom. The number of anilines is 2. The molecule has 4 aliphatic rings. The van der Waals surface area contributed by atoms with Gasteiger partial charge < -0.3 is 29.3 Å². The molecule has 4 saturated heterocycles. The van der Waals surface area contributed by atoms with Gasteiger partial charge in [-0.05, 0) is 106 Å². The van der Waals surface area contributed by atoms with E-state index in [1.165, 1.54) is 75.2 Å². The predicted molar refractivity (Wildman–Crippen MR) is 262 cm³/mol. The number of hydrogen-bond acceptors (Lipinski definition) is 12. The summed E-state index contributed by atoms with van der Waals surface area (Å²) in [5.41, 5.74) is 5.97. The van der Waals surface area contributed by atoms with Gasteiger partial charge in [-0.1, -0.05) is 35.3 Å². The molecule has 16 heteroatoms. The summed E-state index contributed by atoms with van der Waals surface area (Å²) in [6.07, 6.45) is 15.0. The summed E-state index contributed by atoms with van der Waals surface area (Å²) in [7, 11) is 0. The van der Waals surface area contributed by atoms with Gasteiger partial charge in [0.15, 0.2) is 0 Å².